The van der Waals surface area contributed by atoms with Crippen molar-refractivity contribution in [1.82, 2.24) is 9.88 Å². The second kappa shape index (κ2) is 5.22. The molecule has 2 aromatic carbocycles. The molecule has 0 fully saturated rings. The number of carbonyl (C=O) groups excluding carboxylic acids is 1. The molecular formula is C19H15N3O. The van der Waals surface area contributed by atoms with Crippen molar-refractivity contribution in [2.45, 2.75) is 13.1 Å². The highest BCUT2D eigenvalue weighted by atomic mass is 16.2. The summed E-state index contributed by atoms with van der Waals surface area (Å²) >= 11 is 0. The first-order chi connectivity index (χ1) is 11.2. The van der Waals surface area contributed by atoms with E-state index in [1.807, 2.05) is 48.7 Å². The van der Waals surface area contributed by atoms with E-state index in [-0.39, 0.29) is 6.03 Å². The van der Waals surface area contributed by atoms with Crippen LogP contribution in [0.3, 0.4) is 0 Å². The van der Waals surface area contributed by atoms with E-state index < -0.39 is 0 Å². The second-order valence-electron chi connectivity index (χ2n) is 5.66. The summed E-state index contributed by atoms with van der Waals surface area (Å²) in [7, 11) is 0. The maximum absolute atomic E-state index is 12.5. The minimum absolute atomic E-state index is 0.104. The van der Waals surface area contributed by atoms with Crippen LogP contribution in [-0.2, 0) is 13.1 Å². The van der Waals surface area contributed by atoms with Crippen LogP contribution in [0, 0.1) is 12.3 Å². The summed E-state index contributed by atoms with van der Waals surface area (Å²) in [5.74, 6) is 2.63. The number of H-pyrrole nitrogens is 1. The lowest BCUT2D eigenvalue weighted by molar-refractivity contribution is 0.212. The number of hydrogen-bond donors (Lipinski definition) is 2. The molecule has 2 heterocycles. The normalized spacial score (nSPS) is 12.9. The Hall–Kier alpha value is -3.19. The van der Waals surface area contributed by atoms with Crippen molar-refractivity contribution >= 4 is 22.6 Å². The van der Waals surface area contributed by atoms with Crippen molar-refractivity contribution in [2.24, 2.45) is 0 Å². The first kappa shape index (κ1) is 13.5. The monoisotopic (exact) mass is 301 g/mol. The van der Waals surface area contributed by atoms with Crippen molar-refractivity contribution < 1.29 is 4.79 Å². The average molecular weight is 301 g/mol. The lowest BCUT2D eigenvalue weighted by Crippen LogP contribution is -2.30. The standard InChI is InChI=1S/C19H15N3O/c1-2-13-7-8-14-11-22(12-15(14)9-13)19(23)21-18-10-20-17-6-4-3-5-16(17)18/h1,3-10,20H,11-12H2,(H,21,23). The number of benzene rings is 2. The highest BCUT2D eigenvalue weighted by Gasteiger charge is 2.24. The molecule has 0 saturated heterocycles. The van der Waals surface area contributed by atoms with Crippen LogP contribution < -0.4 is 5.32 Å². The molecule has 0 radical (unpaired) electrons. The van der Waals surface area contributed by atoms with E-state index in [0.717, 1.165) is 33.3 Å². The number of aromatic nitrogens is 1. The fraction of sp³-hybridized carbons (Fsp3) is 0.105. The van der Waals surface area contributed by atoms with Gasteiger partial charge in [0.15, 0.2) is 0 Å². The van der Waals surface area contributed by atoms with Crippen molar-refractivity contribution in [3.8, 4) is 12.3 Å². The number of terminal acetylenes is 1. The Morgan fingerprint density at radius 3 is 2.87 bits per heavy atom. The number of nitrogens with one attached hydrogen (secondary N) is 2. The minimum Gasteiger partial charge on any atom is -0.359 e. The zero-order valence-corrected chi connectivity index (χ0v) is 12.5. The van der Waals surface area contributed by atoms with Gasteiger partial charge in [-0.2, -0.15) is 0 Å². The van der Waals surface area contributed by atoms with E-state index in [4.69, 9.17) is 6.42 Å². The Balaban J connectivity index is 1.54. The second-order valence-corrected chi connectivity index (χ2v) is 5.66. The van der Waals surface area contributed by atoms with Crippen molar-refractivity contribution in [1.29, 1.82) is 0 Å². The van der Waals surface area contributed by atoms with Crippen LogP contribution in [0.5, 0.6) is 0 Å². The fourth-order valence-corrected chi connectivity index (χ4v) is 3.00. The van der Waals surface area contributed by atoms with Gasteiger partial charge in [-0.15, -0.1) is 6.42 Å². The molecule has 4 heteroatoms. The quantitative estimate of drug-likeness (QED) is 0.662. The highest BCUT2D eigenvalue weighted by molar-refractivity contribution is 6.01. The van der Waals surface area contributed by atoms with Gasteiger partial charge < -0.3 is 15.2 Å². The average Bonchev–Trinajstić information content (AvgIpc) is 3.18. The van der Waals surface area contributed by atoms with Crippen LogP contribution in [0.25, 0.3) is 10.9 Å². The third-order valence-corrected chi connectivity index (χ3v) is 4.21. The van der Waals surface area contributed by atoms with Gasteiger partial charge in [0.2, 0.25) is 0 Å². The van der Waals surface area contributed by atoms with Crippen molar-refractivity contribution in [3.05, 3.63) is 65.4 Å². The number of hydrogen-bond acceptors (Lipinski definition) is 1. The smallest absolute Gasteiger partial charge is 0.322 e. The summed E-state index contributed by atoms with van der Waals surface area (Å²) in [5.41, 5.74) is 4.92. The van der Waals surface area contributed by atoms with Gasteiger partial charge in [0.25, 0.3) is 0 Å². The zero-order chi connectivity index (χ0) is 15.8. The van der Waals surface area contributed by atoms with E-state index in [0.29, 0.717) is 13.1 Å². The number of anilines is 1. The lowest BCUT2D eigenvalue weighted by Gasteiger charge is -2.16. The van der Waals surface area contributed by atoms with E-state index >= 15 is 0 Å². The van der Waals surface area contributed by atoms with Gasteiger partial charge >= 0.3 is 6.03 Å². The Kier molecular flexibility index (Phi) is 3.06. The molecule has 23 heavy (non-hydrogen) atoms. The molecule has 4 rings (SSSR count). The summed E-state index contributed by atoms with van der Waals surface area (Å²) in [6.45, 7) is 1.19. The third kappa shape index (κ3) is 2.33. The Morgan fingerprint density at radius 2 is 2.00 bits per heavy atom. The molecule has 1 aliphatic rings. The molecule has 0 atom stereocenters. The van der Waals surface area contributed by atoms with Crippen LogP contribution in [0.2, 0.25) is 0 Å². The summed E-state index contributed by atoms with van der Waals surface area (Å²) in [6, 6.07) is 13.7. The van der Waals surface area contributed by atoms with Gasteiger partial charge in [-0.05, 0) is 29.3 Å². The first-order valence-corrected chi connectivity index (χ1v) is 7.45. The zero-order valence-electron chi connectivity index (χ0n) is 12.5. The Labute approximate surface area is 134 Å². The lowest BCUT2D eigenvalue weighted by atomic mass is 10.1. The number of rotatable bonds is 1. The van der Waals surface area contributed by atoms with Crippen LogP contribution in [0.4, 0.5) is 10.5 Å². The van der Waals surface area contributed by atoms with Crippen molar-refractivity contribution in [3.63, 3.8) is 0 Å². The third-order valence-electron chi connectivity index (χ3n) is 4.21. The molecule has 1 aromatic heterocycles. The predicted molar refractivity (Wildman–Crippen MR) is 90.9 cm³/mol. The van der Waals surface area contributed by atoms with E-state index in [1.54, 1.807) is 4.90 Å². The first-order valence-electron chi connectivity index (χ1n) is 7.45. The van der Waals surface area contributed by atoms with Gasteiger partial charge in [-0.3, -0.25) is 0 Å². The molecule has 3 aromatic rings. The summed E-state index contributed by atoms with van der Waals surface area (Å²) in [5, 5.41) is 3.99. The van der Waals surface area contributed by atoms with Crippen LogP contribution in [-0.4, -0.2) is 15.9 Å². The molecule has 1 aliphatic heterocycles. The van der Waals surface area contributed by atoms with E-state index in [9.17, 15) is 4.79 Å². The van der Waals surface area contributed by atoms with Gasteiger partial charge in [0.05, 0.1) is 5.69 Å². The van der Waals surface area contributed by atoms with Crippen LogP contribution >= 0.6 is 0 Å². The molecule has 0 unspecified atom stereocenters. The largest absolute Gasteiger partial charge is 0.359 e. The maximum atomic E-state index is 12.5. The topological polar surface area (TPSA) is 48.1 Å². The number of aromatic amines is 1. The van der Waals surface area contributed by atoms with Gasteiger partial charge in [0.1, 0.15) is 0 Å². The molecule has 0 saturated carbocycles. The van der Waals surface area contributed by atoms with Crippen LogP contribution in [0.15, 0.2) is 48.7 Å². The number of urea groups is 1. The summed E-state index contributed by atoms with van der Waals surface area (Å²) < 4.78 is 0. The van der Waals surface area contributed by atoms with Gasteiger partial charge in [-0.1, -0.05) is 30.2 Å². The van der Waals surface area contributed by atoms with E-state index in [1.165, 1.54) is 0 Å². The fourth-order valence-electron chi connectivity index (χ4n) is 3.00. The number of nitrogens with zero attached hydrogens (tertiary/aromatic N) is 1. The number of carbonyl (C=O) groups is 1. The highest BCUT2D eigenvalue weighted by Crippen LogP contribution is 2.26. The SMILES string of the molecule is C#Cc1ccc2c(c1)CN(C(=O)Nc1c[nH]c3ccccc13)C2. The molecule has 4 nitrogen and oxygen atoms in total. The van der Waals surface area contributed by atoms with Gasteiger partial charge in [0, 0.05) is 35.8 Å². The van der Waals surface area contributed by atoms with Crippen molar-refractivity contribution in [2.75, 3.05) is 5.32 Å². The number of fused-ring (bicyclic) bond motifs is 2. The van der Waals surface area contributed by atoms with Gasteiger partial charge in [-0.25, -0.2) is 4.79 Å². The summed E-state index contributed by atoms with van der Waals surface area (Å²) in [4.78, 5) is 17.5. The molecule has 2 N–H and O–H groups in total. The molecular weight excluding hydrogens is 286 g/mol. The number of amides is 2. The summed E-state index contributed by atoms with van der Waals surface area (Å²) in [6.07, 6.45) is 7.26. The predicted octanol–water partition coefficient (Wildman–Crippen LogP) is 3.70. The Morgan fingerprint density at radius 1 is 1.17 bits per heavy atom. The molecule has 0 bridgehead atoms. The molecule has 2 amide bonds. The molecule has 0 spiro atoms. The molecule has 0 aliphatic carbocycles. The van der Waals surface area contributed by atoms with Crippen LogP contribution in [0.1, 0.15) is 16.7 Å². The Bertz CT molecular complexity index is 949. The number of para-hydroxylation sites is 1. The van der Waals surface area contributed by atoms with E-state index in [2.05, 4.69) is 16.2 Å². The minimum atomic E-state index is -0.104. The maximum Gasteiger partial charge on any atom is 0.322 e. The molecule has 112 valence electrons.